The summed E-state index contributed by atoms with van der Waals surface area (Å²) in [6.45, 7) is 6.33. The van der Waals surface area contributed by atoms with Crippen LogP contribution in [0.25, 0.3) is 0 Å². The van der Waals surface area contributed by atoms with Crippen LogP contribution < -0.4 is 10.6 Å². The fourth-order valence-corrected chi connectivity index (χ4v) is 4.11. The lowest BCUT2D eigenvalue weighted by Gasteiger charge is -2.35. The van der Waals surface area contributed by atoms with Crippen LogP contribution in [0.4, 0.5) is 5.82 Å². The third-order valence-corrected chi connectivity index (χ3v) is 6.00. The fourth-order valence-electron chi connectivity index (χ4n) is 3.62. The van der Waals surface area contributed by atoms with Gasteiger partial charge in [0.1, 0.15) is 11.8 Å². The Morgan fingerprint density at radius 1 is 1.16 bits per heavy atom. The van der Waals surface area contributed by atoms with Crippen molar-refractivity contribution in [1.29, 1.82) is 0 Å². The maximum absolute atomic E-state index is 13.2. The zero-order valence-corrected chi connectivity index (χ0v) is 19.7. The first kappa shape index (κ1) is 24.1. The molecule has 0 radical (unpaired) electrons. The molecule has 0 aliphatic carbocycles. The molecular weight excluding hydrogens is 455 g/mol. The van der Waals surface area contributed by atoms with Gasteiger partial charge in [0, 0.05) is 30.1 Å². The number of nitrogens with zero attached hydrogens (tertiary/aromatic N) is 2. The van der Waals surface area contributed by atoms with Crippen molar-refractivity contribution in [2.75, 3.05) is 18.4 Å². The molecule has 1 aromatic carbocycles. The number of amides is 3. The molecule has 0 saturated carbocycles. The van der Waals surface area contributed by atoms with Crippen molar-refractivity contribution in [2.24, 2.45) is 11.8 Å². The molecule has 172 valence electrons. The van der Waals surface area contributed by atoms with E-state index in [1.54, 1.807) is 24.0 Å². The van der Waals surface area contributed by atoms with Gasteiger partial charge in [0.2, 0.25) is 11.8 Å². The highest BCUT2D eigenvalue weighted by molar-refractivity contribution is 6.36. The van der Waals surface area contributed by atoms with Crippen LogP contribution in [-0.2, 0) is 9.59 Å². The predicted octanol–water partition coefficient (Wildman–Crippen LogP) is 3.92. The summed E-state index contributed by atoms with van der Waals surface area (Å²) in [6, 6.07) is 5.53. The van der Waals surface area contributed by atoms with Crippen LogP contribution in [0.5, 0.6) is 0 Å². The lowest BCUT2D eigenvalue weighted by molar-refractivity contribution is -0.137. The molecule has 1 saturated heterocycles. The molecule has 32 heavy (non-hydrogen) atoms. The largest absolute Gasteiger partial charge is 0.360 e. The Morgan fingerprint density at radius 3 is 2.41 bits per heavy atom. The highest BCUT2D eigenvalue weighted by atomic mass is 35.5. The van der Waals surface area contributed by atoms with E-state index >= 15 is 0 Å². The van der Waals surface area contributed by atoms with Crippen molar-refractivity contribution < 1.29 is 18.9 Å². The van der Waals surface area contributed by atoms with E-state index < -0.39 is 11.9 Å². The van der Waals surface area contributed by atoms with Gasteiger partial charge in [-0.15, -0.1) is 0 Å². The molecule has 1 atom stereocenters. The lowest BCUT2D eigenvalue weighted by Crippen LogP contribution is -2.53. The monoisotopic (exact) mass is 480 g/mol. The maximum atomic E-state index is 13.2. The Morgan fingerprint density at radius 2 is 1.84 bits per heavy atom. The van der Waals surface area contributed by atoms with Crippen LogP contribution >= 0.6 is 23.2 Å². The van der Waals surface area contributed by atoms with Gasteiger partial charge in [-0.3, -0.25) is 14.4 Å². The number of carbonyl (C=O) groups excluding carboxylic acids is 3. The normalized spacial score (nSPS) is 15.5. The van der Waals surface area contributed by atoms with Gasteiger partial charge < -0.3 is 20.1 Å². The second-order valence-corrected chi connectivity index (χ2v) is 9.07. The fraction of sp³-hybridized carbons (Fsp3) is 0.455. The molecule has 2 N–H and O–H groups in total. The van der Waals surface area contributed by atoms with Gasteiger partial charge in [0.05, 0.1) is 10.6 Å². The standard InChI is InChI=1S/C22H26Cl2N4O4/c1-12(2)19(26-21(30)16-5-4-15(23)11-17(16)24)22(31)28-8-6-14(7-9-28)20(29)25-18-10-13(3)32-27-18/h4-5,10-12,14,19H,6-9H2,1-3H3,(H,26,30)(H,25,27,29). The molecule has 1 aromatic heterocycles. The Balaban J connectivity index is 1.58. The summed E-state index contributed by atoms with van der Waals surface area (Å²) in [4.78, 5) is 40.0. The van der Waals surface area contributed by atoms with Crippen LogP contribution in [0.15, 0.2) is 28.8 Å². The van der Waals surface area contributed by atoms with E-state index in [1.807, 2.05) is 13.8 Å². The van der Waals surface area contributed by atoms with Crippen molar-refractivity contribution in [2.45, 2.75) is 39.7 Å². The zero-order chi connectivity index (χ0) is 23.4. The summed E-state index contributed by atoms with van der Waals surface area (Å²) in [5.74, 6) is -0.112. The number of piperidine rings is 1. The molecular formula is C22H26Cl2N4O4. The topological polar surface area (TPSA) is 105 Å². The van der Waals surface area contributed by atoms with Crippen LogP contribution in [0, 0.1) is 18.8 Å². The van der Waals surface area contributed by atoms with E-state index in [4.69, 9.17) is 27.7 Å². The van der Waals surface area contributed by atoms with E-state index in [0.29, 0.717) is 42.5 Å². The van der Waals surface area contributed by atoms with E-state index in [9.17, 15) is 14.4 Å². The number of benzene rings is 1. The molecule has 3 rings (SSSR count). The summed E-state index contributed by atoms with van der Waals surface area (Å²) in [7, 11) is 0. The molecule has 1 fully saturated rings. The van der Waals surface area contributed by atoms with Crippen molar-refractivity contribution in [3.8, 4) is 0 Å². The van der Waals surface area contributed by atoms with Gasteiger partial charge >= 0.3 is 0 Å². The van der Waals surface area contributed by atoms with Gasteiger partial charge in [0.15, 0.2) is 5.82 Å². The van der Waals surface area contributed by atoms with E-state index in [2.05, 4.69) is 15.8 Å². The molecule has 2 heterocycles. The average Bonchev–Trinajstić information content (AvgIpc) is 3.15. The first-order valence-electron chi connectivity index (χ1n) is 10.4. The molecule has 0 bridgehead atoms. The average molecular weight is 481 g/mol. The highest BCUT2D eigenvalue weighted by Crippen LogP contribution is 2.23. The first-order chi connectivity index (χ1) is 15.2. The van der Waals surface area contributed by atoms with Gasteiger partial charge in [-0.1, -0.05) is 42.2 Å². The molecule has 8 nitrogen and oxygen atoms in total. The third-order valence-electron chi connectivity index (χ3n) is 5.45. The molecule has 10 heteroatoms. The highest BCUT2D eigenvalue weighted by Gasteiger charge is 2.33. The second kappa shape index (κ2) is 10.4. The van der Waals surface area contributed by atoms with E-state index in [-0.39, 0.29) is 34.2 Å². The number of anilines is 1. The number of carbonyl (C=O) groups is 3. The van der Waals surface area contributed by atoms with E-state index in [0.717, 1.165) is 0 Å². The summed E-state index contributed by atoms with van der Waals surface area (Å²) in [5, 5.41) is 9.97. The molecule has 1 unspecified atom stereocenters. The molecule has 1 aliphatic heterocycles. The number of aryl methyl sites for hydroxylation is 1. The predicted molar refractivity (Wildman–Crippen MR) is 122 cm³/mol. The minimum atomic E-state index is -0.710. The number of hydrogen-bond donors (Lipinski definition) is 2. The smallest absolute Gasteiger partial charge is 0.253 e. The number of hydrogen-bond acceptors (Lipinski definition) is 5. The summed E-state index contributed by atoms with van der Waals surface area (Å²) in [6.07, 6.45) is 1.05. The number of nitrogens with one attached hydrogen (secondary N) is 2. The van der Waals surface area contributed by atoms with Crippen molar-refractivity contribution in [1.82, 2.24) is 15.4 Å². The lowest BCUT2D eigenvalue weighted by atomic mass is 9.94. The van der Waals surface area contributed by atoms with Crippen LogP contribution in [0.1, 0.15) is 42.8 Å². The van der Waals surface area contributed by atoms with Gasteiger partial charge in [0.25, 0.3) is 5.91 Å². The number of halogens is 2. The first-order valence-corrected chi connectivity index (χ1v) is 11.2. The SMILES string of the molecule is Cc1cc(NC(=O)C2CCN(C(=O)C(NC(=O)c3ccc(Cl)cc3Cl)C(C)C)CC2)no1. The Bertz CT molecular complexity index is 1000. The summed E-state index contributed by atoms with van der Waals surface area (Å²) >= 11 is 12.0. The Kier molecular flexibility index (Phi) is 7.79. The number of likely N-dealkylation sites (tertiary alicyclic amines) is 1. The zero-order valence-electron chi connectivity index (χ0n) is 18.2. The minimum absolute atomic E-state index is 0.131. The van der Waals surface area contributed by atoms with Crippen LogP contribution in [0.3, 0.4) is 0 Å². The van der Waals surface area contributed by atoms with Crippen LogP contribution in [-0.4, -0.2) is 46.9 Å². The van der Waals surface area contributed by atoms with Crippen molar-refractivity contribution in [3.63, 3.8) is 0 Å². The third kappa shape index (κ3) is 5.81. The van der Waals surface area contributed by atoms with Crippen molar-refractivity contribution >= 4 is 46.7 Å². The summed E-state index contributed by atoms with van der Waals surface area (Å²) < 4.78 is 4.96. The van der Waals surface area contributed by atoms with Gasteiger partial charge in [-0.25, -0.2) is 0 Å². The van der Waals surface area contributed by atoms with Crippen LogP contribution in [0.2, 0.25) is 10.0 Å². The van der Waals surface area contributed by atoms with Gasteiger partial charge in [-0.2, -0.15) is 0 Å². The second-order valence-electron chi connectivity index (χ2n) is 8.23. The Hall–Kier alpha value is -2.58. The maximum Gasteiger partial charge on any atom is 0.253 e. The Labute approximate surface area is 196 Å². The minimum Gasteiger partial charge on any atom is -0.360 e. The molecule has 3 amide bonds. The quantitative estimate of drug-likeness (QED) is 0.651. The molecule has 0 spiro atoms. The number of aromatic nitrogens is 1. The van der Waals surface area contributed by atoms with Crippen molar-refractivity contribution in [3.05, 3.63) is 45.6 Å². The van der Waals surface area contributed by atoms with E-state index in [1.165, 1.54) is 12.1 Å². The summed E-state index contributed by atoms with van der Waals surface area (Å²) in [5.41, 5.74) is 0.257. The molecule has 1 aliphatic rings. The number of rotatable bonds is 6. The van der Waals surface area contributed by atoms with Gasteiger partial charge in [-0.05, 0) is 43.9 Å². The molecule has 2 aromatic rings.